The minimum absolute atomic E-state index is 4.40. The molecule has 0 fully saturated rings. The number of halogens is 18. The Morgan fingerprint density at radius 2 is 0.370 bits per heavy atom. The number of hydrogen-bond acceptors (Lipinski definition) is 15. The molecule has 1 rings (SSSR count). The van der Waals surface area contributed by atoms with Crippen LogP contribution in [0.2, 0.25) is 0 Å². The predicted molar refractivity (Wildman–Crippen MR) is 130 cm³/mol. The van der Waals surface area contributed by atoms with Gasteiger partial charge in [-0.2, -0.15) is 79.0 Å². The van der Waals surface area contributed by atoms with Crippen LogP contribution in [0.3, 0.4) is 0 Å². The molecule has 54 heavy (non-hydrogen) atoms. The molecule has 0 atom stereocenters. The molecule has 0 aliphatic carbocycles. The fourth-order valence-electron chi connectivity index (χ4n) is 3.60. The lowest BCUT2D eigenvalue weighted by molar-refractivity contribution is -0.0483. The summed E-state index contributed by atoms with van der Waals surface area (Å²) in [5.41, 5.74) is -60.5. The molecule has 1 aromatic carbocycles. The molecule has 0 radical (unpaired) electrons. The van der Waals surface area contributed by atoms with Crippen LogP contribution in [0, 0.1) is 0 Å². The molecule has 0 aliphatic rings. The van der Waals surface area contributed by atoms with Gasteiger partial charge in [0.05, 0.1) is 16.7 Å². The fraction of sp³-hybridized carbons (Fsp3) is 0.600. The largest absolute Gasteiger partial charge is 0.507 e. The highest BCUT2D eigenvalue weighted by Gasteiger charge is 2.70. The van der Waals surface area contributed by atoms with Gasteiger partial charge >= 0.3 is 33.0 Å². The summed E-state index contributed by atoms with van der Waals surface area (Å²) in [5, 5.41) is 30.7. The van der Waals surface area contributed by atoms with E-state index in [-0.39, 0.29) is 0 Å². The maximum absolute atomic E-state index is 13.5. The Bertz CT molecular complexity index is 1940. The second-order valence-corrected chi connectivity index (χ2v) is 22.3. The summed E-state index contributed by atoms with van der Waals surface area (Å²) < 4.78 is 370. The molecule has 0 spiro atoms. The predicted octanol–water partition coefficient (Wildman–Crippen LogP) is 3.41. The van der Waals surface area contributed by atoms with Gasteiger partial charge in [-0.25, -0.2) is 50.5 Å². The van der Waals surface area contributed by atoms with E-state index >= 15 is 0 Å². The topological polar surface area (TPSA) is 266 Å². The van der Waals surface area contributed by atoms with Gasteiger partial charge in [-0.15, -0.1) is 0 Å². The molecular formula is C15H6F18O15S6. The standard InChI is InChI=1S/C15H6F18O15S6/c16-10(17,18)49(37,38)7(50(39,40)11(19,20)21)1-4(34)2(8(51(41,42)12(22,23)24)52(43,44)13(25,26)27)6(36)3(5(1)35)9(53(45,46)14(28,29)30)54(47,48)15(31,32)33/h7-9,34-36H. The van der Waals surface area contributed by atoms with E-state index < -0.39 is 140 Å². The van der Waals surface area contributed by atoms with Crippen LogP contribution in [-0.4, -0.2) is 98.9 Å². The van der Waals surface area contributed by atoms with Crippen LogP contribution in [0.5, 0.6) is 17.2 Å². The van der Waals surface area contributed by atoms with Crippen LogP contribution in [0.1, 0.15) is 30.4 Å². The minimum Gasteiger partial charge on any atom is -0.507 e. The van der Waals surface area contributed by atoms with Crippen LogP contribution in [0.15, 0.2) is 0 Å². The Morgan fingerprint density at radius 1 is 0.278 bits per heavy atom. The van der Waals surface area contributed by atoms with Gasteiger partial charge in [0, 0.05) is 0 Å². The zero-order valence-corrected chi connectivity index (χ0v) is 28.1. The van der Waals surface area contributed by atoms with E-state index in [4.69, 9.17) is 0 Å². The number of phenols is 3. The van der Waals surface area contributed by atoms with Crippen LogP contribution < -0.4 is 0 Å². The van der Waals surface area contributed by atoms with Gasteiger partial charge in [0.15, 0.2) is 0 Å². The third kappa shape index (κ3) is 7.48. The van der Waals surface area contributed by atoms with Crippen molar-refractivity contribution in [3.05, 3.63) is 16.7 Å². The van der Waals surface area contributed by atoms with Crippen molar-refractivity contribution in [1.29, 1.82) is 0 Å². The SMILES string of the molecule is O=S(=O)(C(c1c(O)c(C(S(=O)(=O)C(F)(F)F)S(=O)(=O)C(F)(F)F)c(O)c(C(S(=O)(=O)C(F)(F)F)S(=O)(=O)C(F)(F)F)c1O)S(=O)(=O)C(F)(F)F)C(F)(F)F. The van der Waals surface area contributed by atoms with Crippen LogP contribution >= 0.6 is 0 Å². The Labute approximate surface area is 284 Å². The highest BCUT2D eigenvalue weighted by Crippen LogP contribution is 2.61. The van der Waals surface area contributed by atoms with E-state index in [9.17, 15) is 145 Å². The third-order valence-electron chi connectivity index (χ3n) is 5.86. The lowest BCUT2D eigenvalue weighted by Crippen LogP contribution is -2.42. The zero-order chi connectivity index (χ0) is 44.2. The first-order valence-corrected chi connectivity index (χ1v) is 20.4. The monoisotopic (exact) mass is 960 g/mol. The molecule has 39 heteroatoms. The molecule has 1 aromatic rings. The molecule has 15 nitrogen and oxygen atoms in total. The lowest BCUT2D eigenvalue weighted by atomic mass is 10.0. The Kier molecular flexibility index (Phi) is 11.9. The summed E-state index contributed by atoms with van der Waals surface area (Å²) in [5.74, 6) is -13.2. The molecule has 0 saturated carbocycles. The number of benzene rings is 1. The van der Waals surface area contributed by atoms with E-state index in [0.29, 0.717) is 0 Å². The smallest absolute Gasteiger partial charge is 0.499 e. The maximum atomic E-state index is 13.5. The Hall–Kier alpha value is -2.94. The van der Waals surface area contributed by atoms with Crippen LogP contribution in [0.4, 0.5) is 79.0 Å². The molecule has 0 saturated heterocycles. The maximum Gasteiger partial charge on any atom is 0.499 e. The first kappa shape index (κ1) is 49.1. The normalized spacial score (nSPS) is 15.7. The van der Waals surface area contributed by atoms with Gasteiger partial charge in [-0.1, -0.05) is 0 Å². The third-order valence-corrected chi connectivity index (χ3v) is 19.1. The van der Waals surface area contributed by atoms with Crippen molar-refractivity contribution < 1.29 is 145 Å². The number of phenolic OH excluding ortho intramolecular Hbond substituents is 3. The minimum atomic E-state index is -8.93. The summed E-state index contributed by atoms with van der Waals surface area (Å²) in [6, 6.07) is 0. The molecule has 0 amide bonds. The van der Waals surface area contributed by atoms with Crippen LogP contribution in [-0.2, 0) is 59.0 Å². The average molecular weight is 961 g/mol. The van der Waals surface area contributed by atoms with Crippen molar-refractivity contribution in [1.82, 2.24) is 0 Å². The second-order valence-electron chi connectivity index (χ2n) is 9.23. The first-order valence-electron chi connectivity index (χ1n) is 11.1. The first-order chi connectivity index (χ1) is 23.0. The van der Waals surface area contributed by atoms with Gasteiger partial charge < -0.3 is 15.3 Å². The Morgan fingerprint density at radius 3 is 0.444 bits per heavy atom. The van der Waals surface area contributed by atoms with Crippen LogP contribution in [0.25, 0.3) is 0 Å². The zero-order valence-electron chi connectivity index (χ0n) is 23.2. The highest BCUT2D eigenvalue weighted by molar-refractivity contribution is 8.10. The van der Waals surface area contributed by atoms with Gasteiger partial charge in [0.25, 0.3) is 59.0 Å². The van der Waals surface area contributed by atoms with E-state index in [1.165, 1.54) is 0 Å². The molecule has 0 unspecified atom stereocenters. The van der Waals surface area contributed by atoms with Crippen molar-refractivity contribution in [2.75, 3.05) is 0 Å². The van der Waals surface area contributed by atoms with E-state index in [1.807, 2.05) is 0 Å². The molecule has 0 bridgehead atoms. The van der Waals surface area contributed by atoms with Gasteiger partial charge in [-0.3, -0.25) is 0 Å². The van der Waals surface area contributed by atoms with E-state index in [1.54, 1.807) is 0 Å². The molecule has 0 aromatic heterocycles. The molecular weight excluding hydrogens is 955 g/mol. The highest BCUT2D eigenvalue weighted by atomic mass is 32.3. The summed E-state index contributed by atoms with van der Waals surface area (Å²) >= 11 is 0. The van der Waals surface area contributed by atoms with Gasteiger partial charge in [0.2, 0.25) is 13.7 Å². The molecule has 0 heterocycles. The van der Waals surface area contributed by atoms with Crippen molar-refractivity contribution in [3.63, 3.8) is 0 Å². The summed E-state index contributed by atoms with van der Waals surface area (Å²) in [4.78, 5) is 0. The van der Waals surface area contributed by atoms with Gasteiger partial charge in [0.1, 0.15) is 17.2 Å². The molecule has 0 aliphatic heterocycles. The number of rotatable bonds is 9. The molecule has 3 N–H and O–H groups in total. The van der Waals surface area contributed by atoms with Crippen molar-refractivity contribution in [2.24, 2.45) is 0 Å². The van der Waals surface area contributed by atoms with Gasteiger partial charge in [-0.05, 0) is 0 Å². The van der Waals surface area contributed by atoms with Crippen molar-refractivity contribution in [3.8, 4) is 17.2 Å². The summed E-state index contributed by atoms with van der Waals surface area (Å²) in [6.07, 6.45) is 0. The summed E-state index contributed by atoms with van der Waals surface area (Å²) in [6.45, 7) is 0. The Balaban J connectivity index is 5.65. The van der Waals surface area contributed by atoms with E-state index in [0.717, 1.165) is 0 Å². The van der Waals surface area contributed by atoms with E-state index in [2.05, 4.69) is 0 Å². The quantitative estimate of drug-likeness (QED) is 0.300. The number of hydrogen-bond donors (Lipinski definition) is 3. The number of alkyl halides is 18. The summed E-state index contributed by atoms with van der Waals surface area (Å²) in [7, 11) is -53.6. The number of sulfone groups is 6. The fourth-order valence-corrected chi connectivity index (χ4v) is 14.2. The van der Waals surface area contributed by atoms with Crippen molar-refractivity contribution >= 4 is 59.0 Å². The lowest BCUT2D eigenvalue weighted by Gasteiger charge is -2.30. The number of aromatic hydroxyl groups is 3. The second kappa shape index (κ2) is 13.1. The molecule has 318 valence electrons. The van der Waals surface area contributed by atoms with Crippen molar-refractivity contribution in [2.45, 2.75) is 46.8 Å². The average Bonchev–Trinajstić information content (AvgIpc) is 2.86.